The lowest BCUT2D eigenvalue weighted by molar-refractivity contribution is -0.149. The number of hydrogen-bond donors (Lipinski definition) is 1. The lowest BCUT2D eigenvalue weighted by atomic mass is 9.88. The van der Waals surface area contributed by atoms with Crippen molar-refractivity contribution in [1.82, 2.24) is 5.32 Å². The highest BCUT2D eigenvalue weighted by molar-refractivity contribution is 5.80. The normalized spacial score (nSPS) is 15.5. The molecule has 0 aliphatic heterocycles. The first kappa shape index (κ1) is 14.4. The van der Waals surface area contributed by atoms with Crippen molar-refractivity contribution in [2.24, 2.45) is 11.8 Å². The molecule has 15 heavy (non-hydrogen) atoms. The highest BCUT2D eigenvalue weighted by Crippen LogP contribution is 2.18. The topological polar surface area (TPSA) is 38.3 Å². The second kappa shape index (κ2) is 6.11. The predicted molar refractivity (Wildman–Crippen MR) is 62.7 cm³/mol. The molecule has 0 spiro atoms. The molecular formula is C12H25NO2. The summed E-state index contributed by atoms with van der Waals surface area (Å²) in [4.78, 5) is 11.7. The number of carbonyl (C=O) groups is 1. The van der Waals surface area contributed by atoms with Crippen molar-refractivity contribution in [3.8, 4) is 0 Å². The third kappa shape index (κ3) is 4.20. The van der Waals surface area contributed by atoms with Crippen LogP contribution in [0, 0.1) is 11.8 Å². The standard InChI is InChI=1S/C12H25NO2/c1-9(2)7-8-13-12(5,10(3)4)11(14)15-6/h9-10,13H,7-8H2,1-6H3/t12-/m0/s1. The first-order valence-electron chi connectivity index (χ1n) is 5.68. The minimum Gasteiger partial charge on any atom is -0.468 e. The van der Waals surface area contributed by atoms with Crippen molar-refractivity contribution in [1.29, 1.82) is 0 Å². The average Bonchev–Trinajstić information content (AvgIpc) is 2.15. The van der Waals surface area contributed by atoms with E-state index in [1.165, 1.54) is 7.11 Å². The van der Waals surface area contributed by atoms with Gasteiger partial charge in [0.2, 0.25) is 0 Å². The molecule has 3 nitrogen and oxygen atoms in total. The Morgan fingerprint density at radius 2 is 1.87 bits per heavy atom. The summed E-state index contributed by atoms with van der Waals surface area (Å²) in [5.74, 6) is 0.685. The zero-order valence-electron chi connectivity index (χ0n) is 10.9. The van der Waals surface area contributed by atoms with Gasteiger partial charge in [-0.3, -0.25) is 4.79 Å². The summed E-state index contributed by atoms with van der Waals surface area (Å²) in [5.41, 5.74) is -0.566. The smallest absolute Gasteiger partial charge is 0.326 e. The molecule has 0 aromatic heterocycles. The summed E-state index contributed by atoms with van der Waals surface area (Å²) in [6, 6.07) is 0. The van der Waals surface area contributed by atoms with Gasteiger partial charge in [-0.1, -0.05) is 27.7 Å². The quantitative estimate of drug-likeness (QED) is 0.690. The molecule has 0 radical (unpaired) electrons. The number of hydrogen-bond acceptors (Lipinski definition) is 3. The number of carbonyl (C=O) groups excluding carboxylic acids is 1. The minimum atomic E-state index is -0.566. The first-order valence-corrected chi connectivity index (χ1v) is 5.68. The second-order valence-corrected chi connectivity index (χ2v) is 4.96. The Hall–Kier alpha value is -0.570. The maximum Gasteiger partial charge on any atom is 0.326 e. The van der Waals surface area contributed by atoms with Crippen molar-refractivity contribution in [3.05, 3.63) is 0 Å². The molecule has 0 aliphatic carbocycles. The van der Waals surface area contributed by atoms with Gasteiger partial charge in [0.05, 0.1) is 7.11 Å². The lowest BCUT2D eigenvalue weighted by Gasteiger charge is -2.32. The number of methoxy groups -OCH3 is 1. The van der Waals surface area contributed by atoms with Crippen LogP contribution in [-0.2, 0) is 9.53 Å². The molecule has 1 atom stereocenters. The van der Waals surface area contributed by atoms with Gasteiger partial charge in [-0.05, 0) is 31.7 Å². The molecular weight excluding hydrogens is 190 g/mol. The van der Waals surface area contributed by atoms with Gasteiger partial charge in [-0.25, -0.2) is 0 Å². The average molecular weight is 215 g/mol. The highest BCUT2D eigenvalue weighted by atomic mass is 16.5. The van der Waals surface area contributed by atoms with E-state index in [2.05, 4.69) is 19.2 Å². The Bertz CT molecular complexity index is 202. The van der Waals surface area contributed by atoms with Crippen LogP contribution in [0.2, 0.25) is 0 Å². The third-order valence-electron chi connectivity index (χ3n) is 2.98. The van der Waals surface area contributed by atoms with E-state index in [4.69, 9.17) is 4.74 Å². The summed E-state index contributed by atoms with van der Waals surface area (Å²) in [7, 11) is 1.44. The van der Waals surface area contributed by atoms with E-state index >= 15 is 0 Å². The Labute approximate surface area is 93.6 Å². The van der Waals surface area contributed by atoms with Gasteiger partial charge < -0.3 is 10.1 Å². The van der Waals surface area contributed by atoms with Gasteiger partial charge in [-0.2, -0.15) is 0 Å². The van der Waals surface area contributed by atoms with E-state index in [0.717, 1.165) is 13.0 Å². The fourth-order valence-corrected chi connectivity index (χ4v) is 1.34. The van der Waals surface area contributed by atoms with E-state index in [9.17, 15) is 4.79 Å². The van der Waals surface area contributed by atoms with Gasteiger partial charge >= 0.3 is 5.97 Å². The van der Waals surface area contributed by atoms with Gasteiger partial charge in [0.1, 0.15) is 5.54 Å². The highest BCUT2D eigenvalue weighted by Gasteiger charge is 2.36. The maximum absolute atomic E-state index is 11.7. The summed E-state index contributed by atoms with van der Waals surface area (Å²) >= 11 is 0. The summed E-state index contributed by atoms with van der Waals surface area (Å²) in [6.45, 7) is 11.2. The molecule has 0 aliphatic rings. The van der Waals surface area contributed by atoms with Gasteiger partial charge in [0.25, 0.3) is 0 Å². The molecule has 0 aromatic rings. The number of ether oxygens (including phenoxy) is 1. The number of nitrogens with one attached hydrogen (secondary N) is 1. The van der Waals surface area contributed by atoms with Crippen molar-refractivity contribution < 1.29 is 9.53 Å². The van der Waals surface area contributed by atoms with Crippen LogP contribution in [0.25, 0.3) is 0 Å². The largest absolute Gasteiger partial charge is 0.468 e. The molecule has 0 saturated carbocycles. The van der Waals surface area contributed by atoms with Crippen LogP contribution in [-0.4, -0.2) is 25.2 Å². The van der Waals surface area contributed by atoms with E-state index in [1.54, 1.807) is 0 Å². The van der Waals surface area contributed by atoms with Crippen LogP contribution in [0.1, 0.15) is 41.0 Å². The van der Waals surface area contributed by atoms with E-state index in [-0.39, 0.29) is 11.9 Å². The van der Waals surface area contributed by atoms with Crippen LogP contribution < -0.4 is 5.32 Å². The van der Waals surface area contributed by atoms with Gasteiger partial charge in [-0.15, -0.1) is 0 Å². The fraction of sp³-hybridized carbons (Fsp3) is 0.917. The zero-order valence-corrected chi connectivity index (χ0v) is 10.9. The van der Waals surface area contributed by atoms with Crippen LogP contribution >= 0.6 is 0 Å². The molecule has 0 rings (SSSR count). The Morgan fingerprint density at radius 1 is 1.33 bits per heavy atom. The van der Waals surface area contributed by atoms with E-state index < -0.39 is 5.54 Å². The maximum atomic E-state index is 11.7. The van der Waals surface area contributed by atoms with E-state index in [0.29, 0.717) is 5.92 Å². The molecule has 3 heteroatoms. The Morgan fingerprint density at radius 3 is 2.20 bits per heavy atom. The Kier molecular flexibility index (Phi) is 5.88. The second-order valence-electron chi connectivity index (χ2n) is 4.96. The van der Waals surface area contributed by atoms with Crippen molar-refractivity contribution in [2.75, 3.05) is 13.7 Å². The zero-order chi connectivity index (χ0) is 12.1. The summed E-state index contributed by atoms with van der Waals surface area (Å²) < 4.78 is 4.83. The molecule has 0 aromatic carbocycles. The SMILES string of the molecule is COC(=O)[C@@](C)(NCCC(C)C)C(C)C. The molecule has 1 N–H and O–H groups in total. The molecule has 0 amide bonds. The molecule has 0 fully saturated rings. The van der Waals surface area contributed by atoms with Crippen LogP contribution in [0.3, 0.4) is 0 Å². The van der Waals surface area contributed by atoms with E-state index in [1.807, 2.05) is 20.8 Å². The van der Waals surface area contributed by atoms with Crippen molar-refractivity contribution >= 4 is 5.97 Å². The van der Waals surface area contributed by atoms with Crippen LogP contribution in [0.4, 0.5) is 0 Å². The van der Waals surface area contributed by atoms with Crippen molar-refractivity contribution in [3.63, 3.8) is 0 Å². The number of esters is 1. The van der Waals surface area contributed by atoms with Gasteiger partial charge in [0.15, 0.2) is 0 Å². The first-order chi connectivity index (χ1) is 6.84. The number of rotatable bonds is 6. The Balaban J connectivity index is 4.33. The predicted octanol–water partition coefficient (Wildman–Crippen LogP) is 2.21. The summed E-state index contributed by atoms with van der Waals surface area (Å²) in [5, 5.41) is 3.30. The third-order valence-corrected chi connectivity index (χ3v) is 2.98. The molecule has 0 saturated heterocycles. The lowest BCUT2D eigenvalue weighted by Crippen LogP contribution is -2.54. The monoisotopic (exact) mass is 215 g/mol. The van der Waals surface area contributed by atoms with Gasteiger partial charge in [0, 0.05) is 0 Å². The fourth-order valence-electron chi connectivity index (χ4n) is 1.34. The molecule has 0 bridgehead atoms. The molecule has 90 valence electrons. The molecule has 0 heterocycles. The van der Waals surface area contributed by atoms with Crippen LogP contribution in [0.15, 0.2) is 0 Å². The summed E-state index contributed by atoms with van der Waals surface area (Å²) in [6.07, 6.45) is 1.07. The van der Waals surface area contributed by atoms with Crippen LogP contribution in [0.5, 0.6) is 0 Å². The molecule has 0 unspecified atom stereocenters. The van der Waals surface area contributed by atoms with Crippen molar-refractivity contribution in [2.45, 2.75) is 46.6 Å². The minimum absolute atomic E-state index is 0.179.